The second-order valence-electron chi connectivity index (χ2n) is 4.67. The third-order valence-corrected chi connectivity index (χ3v) is 2.82. The monoisotopic (exact) mass is 328 g/mol. The number of esters is 1. The zero-order valence-corrected chi connectivity index (χ0v) is 12.7. The maximum atomic E-state index is 11.5. The predicted octanol–water partition coefficient (Wildman–Crippen LogP) is 1.86. The van der Waals surface area contributed by atoms with Crippen molar-refractivity contribution in [3.8, 4) is 0 Å². The molecule has 0 atom stereocenters. The number of rotatable bonds is 6. The van der Waals surface area contributed by atoms with Gasteiger partial charge in [-0.15, -0.1) is 0 Å². The number of hydrogen-bond donors (Lipinski definition) is 2. The molecule has 0 saturated carbocycles. The summed E-state index contributed by atoms with van der Waals surface area (Å²) < 4.78 is 9.71. The summed E-state index contributed by atoms with van der Waals surface area (Å²) >= 11 is 0. The Hall–Kier alpha value is -3.35. The lowest BCUT2D eigenvalue weighted by molar-refractivity contribution is -0.143. The van der Waals surface area contributed by atoms with Crippen molar-refractivity contribution in [2.24, 2.45) is 0 Å². The summed E-state index contributed by atoms with van der Waals surface area (Å²) in [6.45, 7) is -0.272. The molecular formula is C17H16N2O5. The summed E-state index contributed by atoms with van der Waals surface area (Å²) in [7, 11) is 0. The molecule has 0 aliphatic heterocycles. The van der Waals surface area contributed by atoms with Crippen LogP contribution in [0.5, 0.6) is 0 Å². The van der Waals surface area contributed by atoms with Gasteiger partial charge in [0.15, 0.2) is 6.61 Å². The van der Waals surface area contributed by atoms with Crippen molar-refractivity contribution >= 4 is 24.0 Å². The predicted molar refractivity (Wildman–Crippen MR) is 85.5 cm³/mol. The molecule has 2 aromatic rings. The fourth-order valence-corrected chi connectivity index (χ4v) is 1.71. The number of hydrogen-bond acceptors (Lipinski definition) is 5. The molecule has 1 aromatic carbocycles. The Labute approximate surface area is 138 Å². The Bertz CT molecular complexity index is 708. The highest BCUT2D eigenvalue weighted by Crippen LogP contribution is 2.02. The first-order valence-corrected chi connectivity index (χ1v) is 7.13. The molecule has 0 fully saturated rings. The molecule has 1 aromatic heterocycles. The fraction of sp³-hybridized carbons (Fsp3) is 0.118. The Kier molecular flexibility index (Phi) is 6.34. The van der Waals surface area contributed by atoms with E-state index in [-0.39, 0.29) is 6.54 Å². The molecule has 0 aliphatic rings. The van der Waals surface area contributed by atoms with Gasteiger partial charge in [-0.3, -0.25) is 10.1 Å². The van der Waals surface area contributed by atoms with Gasteiger partial charge in [0.25, 0.3) is 5.91 Å². The Morgan fingerprint density at radius 1 is 1.08 bits per heavy atom. The molecule has 124 valence electrons. The molecule has 24 heavy (non-hydrogen) atoms. The molecule has 2 N–H and O–H groups in total. The van der Waals surface area contributed by atoms with Gasteiger partial charge in [-0.25, -0.2) is 9.59 Å². The van der Waals surface area contributed by atoms with E-state index in [0.29, 0.717) is 5.76 Å². The lowest BCUT2D eigenvalue weighted by atomic mass is 10.2. The van der Waals surface area contributed by atoms with Crippen LogP contribution in [0.25, 0.3) is 6.08 Å². The zero-order chi connectivity index (χ0) is 17.2. The van der Waals surface area contributed by atoms with Gasteiger partial charge in [-0.1, -0.05) is 30.3 Å². The van der Waals surface area contributed by atoms with Crippen LogP contribution in [-0.2, 0) is 20.9 Å². The van der Waals surface area contributed by atoms with E-state index in [4.69, 9.17) is 9.15 Å². The second-order valence-corrected chi connectivity index (χ2v) is 4.67. The number of carbonyl (C=O) groups is 3. The molecular weight excluding hydrogens is 312 g/mol. The summed E-state index contributed by atoms with van der Waals surface area (Å²) in [5.74, 6) is -0.955. The van der Waals surface area contributed by atoms with Crippen molar-refractivity contribution in [1.29, 1.82) is 0 Å². The number of furan rings is 1. The van der Waals surface area contributed by atoms with E-state index >= 15 is 0 Å². The maximum absolute atomic E-state index is 11.5. The highest BCUT2D eigenvalue weighted by atomic mass is 16.5. The van der Waals surface area contributed by atoms with Gasteiger partial charge in [0.05, 0.1) is 6.26 Å². The van der Waals surface area contributed by atoms with Crippen LogP contribution in [-0.4, -0.2) is 24.5 Å². The van der Waals surface area contributed by atoms with Gasteiger partial charge in [0.1, 0.15) is 5.76 Å². The van der Waals surface area contributed by atoms with Crippen molar-refractivity contribution < 1.29 is 23.5 Å². The number of imide groups is 1. The van der Waals surface area contributed by atoms with Crippen LogP contribution >= 0.6 is 0 Å². The van der Waals surface area contributed by atoms with Crippen LogP contribution in [0, 0.1) is 0 Å². The summed E-state index contributed by atoms with van der Waals surface area (Å²) in [5.41, 5.74) is 0.898. The first-order valence-electron chi connectivity index (χ1n) is 7.13. The van der Waals surface area contributed by atoms with E-state index in [1.54, 1.807) is 12.1 Å². The van der Waals surface area contributed by atoms with E-state index in [0.717, 1.165) is 11.6 Å². The quantitative estimate of drug-likeness (QED) is 0.623. The smallest absolute Gasteiger partial charge is 0.331 e. The van der Waals surface area contributed by atoms with Crippen molar-refractivity contribution in [2.75, 3.05) is 6.61 Å². The Morgan fingerprint density at radius 3 is 2.58 bits per heavy atom. The number of urea groups is 1. The summed E-state index contributed by atoms with van der Waals surface area (Å²) in [6, 6.07) is 11.9. The number of carbonyl (C=O) groups excluding carboxylic acids is 3. The third kappa shape index (κ3) is 6.18. The van der Waals surface area contributed by atoms with E-state index in [2.05, 4.69) is 10.6 Å². The lowest BCUT2D eigenvalue weighted by Gasteiger charge is -2.06. The van der Waals surface area contributed by atoms with Gasteiger partial charge in [-0.2, -0.15) is 0 Å². The normalized spacial score (nSPS) is 10.3. The summed E-state index contributed by atoms with van der Waals surface area (Å²) in [4.78, 5) is 34.5. The summed E-state index contributed by atoms with van der Waals surface area (Å²) in [6.07, 6.45) is 4.00. The van der Waals surface area contributed by atoms with E-state index in [9.17, 15) is 14.4 Å². The zero-order valence-electron chi connectivity index (χ0n) is 12.7. The molecule has 0 saturated heterocycles. The van der Waals surface area contributed by atoms with Crippen molar-refractivity contribution in [3.63, 3.8) is 0 Å². The van der Waals surface area contributed by atoms with Crippen molar-refractivity contribution in [2.45, 2.75) is 6.54 Å². The minimum absolute atomic E-state index is 0.283. The van der Waals surface area contributed by atoms with Crippen LogP contribution in [0.4, 0.5) is 4.79 Å². The van der Waals surface area contributed by atoms with E-state index in [1.165, 1.54) is 12.3 Å². The van der Waals surface area contributed by atoms with Gasteiger partial charge < -0.3 is 14.5 Å². The van der Waals surface area contributed by atoms with Crippen LogP contribution in [0.2, 0.25) is 0 Å². The standard InChI is InChI=1S/C17H16N2O5/c20-15(12-24-16(21)9-8-14-7-4-10-23-14)19-17(22)18-11-13-5-2-1-3-6-13/h1-10H,11-12H2,(H2,18,19,20,22)/b9-8+. The fourth-order valence-electron chi connectivity index (χ4n) is 1.71. The first kappa shape index (κ1) is 17.0. The van der Waals surface area contributed by atoms with Crippen LogP contribution in [0.15, 0.2) is 59.2 Å². The first-order chi connectivity index (χ1) is 11.6. The van der Waals surface area contributed by atoms with Crippen LogP contribution in [0.1, 0.15) is 11.3 Å². The highest BCUT2D eigenvalue weighted by Gasteiger charge is 2.09. The minimum atomic E-state index is -0.722. The van der Waals surface area contributed by atoms with Crippen LogP contribution < -0.4 is 10.6 Å². The average molecular weight is 328 g/mol. The minimum Gasteiger partial charge on any atom is -0.465 e. The van der Waals surface area contributed by atoms with Crippen molar-refractivity contribution in [3.05, 3.63) is 66.1 Å². The Balaban J connectivity index is 1.65. The SMILES string of the molecule is O=C(COC(=O)/C=C/c1ccco1)NC(=O)NCc1ccccc1. The third-order valence-electron chi connectivity index (χ3n) is 2.82. The van der Waals surface area contributed by atoms with Gasteiger partial charge in [0, 0.05) is 12.6 Å². The maximum Gasteiger partial charge on any atom is 0.331 e. The Morgan fingerprint density at radius 2 is 1.88 bits per heavy atom. The average Bonchev–Trinajstić information content (AvgIpc) is 3.11. The molecule has 0 aliphatic carbocycles. The van der Waals surface area contributed by atoms with E-state index < -0.39 is 24.5 Å². The molecule has 7 heteroatoms. The van der Waals surface area contributed by atoms with Gasteiger partial charge in [0.2, 0.25) is 0 Å². The highest BCUT2D eigenvalue weighted by molar-refractivity contribution is 5.96. The second kappa shape index (κ2) is 8.94. The molecule has 2 rings (SSSR count). The molecule has 0 unspecified atom stereocenters. The molecule has 1 heterocycles. The van der Waals surface area contributed by atoms with Gasteiger partial charge >= 0.3 is 12.0 Å². The largest absolute Gasteiger partial charge is 0.465 e. The lowest BCUT2D eigenvalue weighted by Crippen LogP contribution is -2.41. The summed E-state index contributed by atoms with van der Waals surface area (Å²) in [5, 5.41) is 4.59. The van der Waals surface area contributed by atoms with Gasteiger partial charge in [-0.05, 0) is 23.8 Å². The molecule has 0 spiro atoms. The molecule has 0 bridgehead atoms. The molecule has 3 amide bonds. The van der Waals surface area contributed by atoms with E-state index in [1.807, 2.05) is 30.3 Å². The number of nitrogens with one attached hydrogen (secondary N) is 2. The molecule has 0 radical (unpaired) electrons. The number of amides is 3. The number of benzene rings is 1. The molecule has 7 nitrogen and oxygen atoms in total. The van der Waals surface area contributed by atoms with Crippen LogP contribution in [0.3, 0.4) is 0 Å². The number of ether oxygens (including phenoxy) is 1. The van der Waals surface area contributed by atoms with Crippen molar-refractivity contribution in [1.82, 2.24) is 10.6 Å². The topological polar surface area (TPSA) is 97.6 Å².